The lowest BCUT2D eigenvalue weighted by molar-refractivity contribution is 0.0844. The molecule has 24 heavy (non-hydrogen) atoms. The maximum atomic E-state index is 12.8. The van der Waals surface area contributed by atoms with Crippen LogP contribution in [0.2, 0.25) is 0 Å². The summed E-state index contributed by atoms with van der Waals surface area (Å²) in [4.78, 5) is 25.6. The minimum atomic E-state index is -0.843. The van der Waals surface area contributed by atoms with Gasteiger partial charge in [-0.25, -0.2) is 0 Å². The molecule has 4 heteroatoms. The van der Waals surface area contributed by atoms with Gasteiger partial charge in [-0.1, -0.05) is 54.6 Å². The number of allylic oxidation sites excluding steroid dienone is 2. The SMILES string of the molecule is O=C1C2=C(C(=O)c3ccccc31)C(CO)OC(c1ccccc1)=C2. The van der Waals surface area contributed by atoms with Gasteiger partial charge < -0.3 is 9.84 Å². The van der Waals surface area contributed by atoms with Crippen LogP contribution >= 0.6 is 0 Å². The summed E-state index contributed by atoms with van der Waals surface area (Å²) < 4.78 is 5.81. The summed E-state index contributed by atoms with van der Waals surface area (Å²) >= 11 is 0. The fourth-order valence-electron chi connectivity index (χ4n) is 3.14. The predicted octanol–water partition coefficient (Wildman–Crippen LogP) is 2.79. The third-order valence-corrected chi connectivity index (χ3v) is 4.29. The number of aliphatic hydroxyl groups excluding tert-OH is 1. The van der Waals surface area contributed by atoms with Gasteiger partial charge in [0.05, 0.1) is 12.2 Å². The van der Waals surface area contributed by atoms with Crippen LogP contribution in [-0.4, -0.2) is 29.4 Å². The summed E-state index contributed by atoms with van der Waals surface area (Å²) in [5.41, 5.74) is 2.09. The Kier molecular flexibility index (Phi) is 3.40. The molecule has 4 nitrogen and oxygen atoms in total. The van der Waals surface area contributed by atoms with Gasteiger partial charge in [-0.3, -0.25) is 9.59 Å². The lowest BCUT2D eigenvalue weighted by atomic mass is 9.80. The average Bonchev–Trinajstić information content (AvgIpc) is 2.65. The van der Waals surface area contributed by atoms with E-state index in [1.165, 1.54) is 0 Å². The number of aliphatic hydroxyl groups is 1. The van der Waals surface area contributed by atoms with Crippen molar-refractivity contribution in [1.82, 2.24) is 0 Å². The molecule has 0 amide bonds. The van der Waals surface area contributed by atoms with E-state index >= 15 is 0 Å². The van der Waals surface area contributed by atoms with E-state index in [1.807, 2.05) is 30.3 Å². The molecule has 1 heterocycles. The topological polar surface area (TPSA) is 63.6 Å². The van der Waals surface area contributed by atoms with Gasteiger partial charge >= 0.3 is 0 Å². The van der Waals surface area contributed by atoms with Crippen LogP contribution in [0.4, 0.5) is 0 Å². The van der Waals surface area contributed by atoms with Gasteiger partial charge in [0.15, 0.2) is 17.7 Å². The number of benzene rings is 2. The van der Waals surface area contributed by atoms with E-state index in [9.17, 15) is 14.7 Å². The summed E-state index contributed by atoms with van der Waals surface area (Å²) in [5.74, 6) is 0.00641. The summed E-state index contributed by atoms with van der Waals surface area (Å²) in [6.07, 6.45) is 0.762. The summed E-state index contributed by atoms with van der Waals surface area (Å²) in [5, 5.41) is 9.70. The molecular formula is C20H14O4. The van der Waals surface area contributed by atoms with Gasteiger partial charge in [-0.15, -0.1) is 0 Å². The first-order chi connectivity index (χ1) is 11.7. The Morgan fingerprint density at radius 1 is 0.875 bits per heavy atom. The molecule has 0 aromatic heterocycles. The van der Waals surface area contributed by atoms with Gasteiger partial charge in [0.2, 0.25) is 0 Å². The van der Waals surface area contributed by atoms with Gasteiger partial charge in [0.25, 0.3) is 0 Å². The second-order valence-corrected chi connectivity index (χ2v) is 5.69. The number of Topliss-reactive ketones (excluding diaryl/α,β-unsaturated/α-hetero) is 2. The van der Waals surface area contributed by atoms with Crippen LogP contribution in [0.1, 0.15) is 26.3 Å². The molecule has 0 saturated heterocycles. The molecular weight excluding hydrogens is 304 g/mol. The van der Waals surface area contributed by atoms with Crippen molar-refractivity contribution in [2.24, 2.45) is 0 Å². The van der Waals surface area contributed by atoms with Crippen molar-refractivity contribution in [3.8, 4) is 0 Å². The molecule has 2 aromatic carbocycles. The van der Waals surface area contributed by atoms with Crippen molar-refractivity contribution in [3.05, 3.63) is 88.5 Å². The van der Waals surface area contributed by atoms with E-state index in [2.05, 4.69) is 0 Å². The van der Waals surface area contributed by atoms with Crippen LogP contribution in [0, 0.1) is 0 Å². The third kappa shape index (κ3) is 2.12. The number of hydrogen-bond acceptors (Lipinski definition) is 4. The first kappa shape index (κ1) is 14.6. The lowest BCUT2D eigenvalue weighted by Crippen LogP contribution is -2.34. The quantitative estimate of drug-likeness (QED) is 0.925. The fourth-order valence-corrected chi connectivity index (χ4v) is 3.14. The predicted molar refractivity (Wildman–Crippen MR) is 88.5 cm³/mol. The Bertz CT molecular complexity index is 906. The minimum Gasteiger partial charge on any atom is -0.482 e. The second kappa shape index (κ2) is 5.58. The zero-order chi connectivity index (χ0) is 16.7. The van der Waals surface area contributed by atoms with Gasteiger partial charge in [-0.05, 0) is 6.08 Å². The van der Waals surface area contributed by atoms with Gasteiger partial charge in [0.1, 0.15) is 5.76 Å². The molecule has 1 N–H and O–H groups in total. The van der Waals surface area contributed by atoms with Crippen LogP contribution < -0.4 is 0 Å². The molecule has 0 bridgehead atoms. The van der Waals surface area contributed by atoms with E-state index in [0.29, 0.717) is 22.5 Å². The summed E-state index contributed by atoms with van der Waals surface area (Å²) in [6, 6.07) is 16.1. The van der Waals surface area contributed by atoms with E-state index < -0.39 is 6.10 Å². The Morgan fingerprint density at radius 3 is 2.17 bits per heavy atom. The Hall–Kier alpha value is -2.98. The minimum absolute atomic E-state index is 0.213. The smallest absolute Gasteiger partial charge is 0.194 e. The number of ether oxygens (including phenoxy) is 1. The van der Waals surface area contributed by atoms with Gasteiger partial charge in [0, 0.05) is 22.3 Å². The van der Waals surface area contributed by atoms with Crippen molar-refractivity contribution >= 4 is 17.3 Å². The highest BCUT2D eigenvalue weighted by Crippen LogP contribution is 2.36. The Balaban J connectivity index is 1.90. The second-order valence-electron chi connectivity index (χ2n) is 5.69. The Labute approximate surface area is 138 Å². The van der Waals surface area contributed by atoms with Crippen LogP contribution in [0.5, 0.6) is 0 Å². The number of rotatable bonds is 2. The standard InChI is InChI=1S/C20H14O4/c21-11-17-18-15(10-16(24-17)12-6-2-1-3-7-12)19(22)13-8-4-5-9-14(13)20(18)23/h1-10,17,21H,11H2. The number of carbonyl (C=O) groups is 2. The molecule has 118 valence electrons. The van der Waals surface area contributed by atoms with Crippen LogP contribution in [0.25, 0.3) is 5.76 Å². The van der Waals surface area contributed by atoms with Crippen molar-refractivity contribution in [1.29, 1.82) is 0 Å². The van der Waals surface area contributed by atoms with E-state index in [1.54, 1.807) is 30.3 Å². The largest absolute Gasteiger partial charge is 0.482 e. The first-order valence-electron chi connectivity index (χ1n) is 7.68. The molecule has 1 aliphatic carbocycles. The highest BCUT2D eigenvalue weighted by molar-refractivity contribution is 6.28. The molecule has 1 atom stereocenters. The number of ketones is 2. The maximum Gasteiger partial charge on any atom is 0.194 e. The van der Waals surface area contributed by atoms with E-state index in [-0.39, 0.29) is 23.7 Å². The normalized spacial score (nSPS) is 19.4. The van der Waals surface area contributed by atoms with Crippen LogP contribution in [-0.2, 0) is 4.74 Å². The molecule has 0 fully saturated rings. The maximum absolute atomic E-state index is 12.8. The van der Waals surface area contributed by atoms with Crippen molar-refractivity contribution in [3.63, 3.8) is 0 Å². The van der Waals surface area contributed by atoms with Crippen molar-refractivity contribution < 1.29 is 19.4 Å². The monoisotopic (exact) mass is 318 g/mol. The van der Waals surface area contributed by atoms with Crippen molar-refractivity contribution in [2.75, 3.05) is 6.61 Å². The molecule has 2 aromatic rings. The Morgan fingerprint density at radius 2 is 1.50 bits per heavy atom. The molecule has 0 spiro atoms. The molecule has 1 aliphatic heterocycles. The van der Waals surface area contributed by atoms with E-state index in [4.69, 9.17) is 4.74 Å². The van der Waals surface area contributed by atoms with Gasteiger partial charge in [-0.2, -0.15) is 0 Å². The molecule has 2 aliphatic rings. The summed E-state index contributed by atoms with van der Waals surface area (Å²) in [6.45, 7) is -0.371. The van der Waals surface area contributed by atoms with Crippen molar-refractivity contribution in [2.45, 2.75) is 6.10 Å². The highest BCUT2D eigenvalue weighted by Gasteiger charge is 2.38. The molecule has 4 rings (SSSR count). The van der Waals surface area contributed by atoms with Crippen LogP contribution in [0.3, 0.4) is 0 Å². The molecule has 1 unspecified atom stereocenters. The van der Waals surface area contributed by atoms with E-state index in [0.717, 1.165) is 5.56 Å². The highest BCUT2D eigenvalue weighted by atomic mass is 16.5. The fraction of sp³-hybridized carbons (Fsp3) is 0.100. The molecule has 0 saturated carbocycles. The number of hydrogen-bond donors (Lipinski definition) is 1. The third-order valence-electron chi connectivity index (χ3n) is 4.29. The average molecular weight is 318 g/mol. The summed E-state index contributed by atoms with van der Waals surface area (Å²) in [7, 11) is 0. The zero-order valence-electron chi connectivity index (χ0n) is 12.7. The van der Waals surface area contributed by atoms with Crippen LogP contribution in [0.15, 0.2) is 71.8 Å². The molecule has 0 radical (unpaired) electrons. The zero-order valence-corrected chi connectivity index (χ0v) is 12.7. The lowest BCUT2D eigenvalue weighted by Gasteiger charge is -2.30. The first-order valence-corrected chi connectivity index (χ1v) is 7.68. The number of carbonyl (C=O) groups excluding carboxylic acids is 2. The number of fused-ring (bicyclic) bond motifs is 1.